The van der Waals surface area contributed by atoms with Crippen molar-refractivity contribution in [3.63, 3.8) is 0 Å². The number of nitrogens with one attached hydrogen (secondary N) is 1. The maximum atomic E-state index is 5.89. The van der Waals surface area contributed by atoms with Gasteiger partial charge in [-0.3, -0.25) is 0 Å². The van der Waals surface area contributed by atoms with Gasteiger partial charge in [0, 0.05) is 22.5 Å². The molecule has 1 N–H and O–H groups in total. The molecular formula is C15H20BrNO. The summed E-state index contributed by atoms with van der Waals surface area (Å²) >= 11 is 3.78. The van der Waals surface area contributed by atoms with Crippen LogP contribution in [-0.4, -0.2) is 13.7 Å². The summed E-state index contributed by atoms with van der Waals surface area (Å²) in [7, 11) is 2.06. The van der Waals surface area contributed by atoms with Gasteiger partial charge in [0.05, 0.1) is 6.61 Å². The van der Waals surface area contributed by atoms with Crippen molar-refractivity contribution in [1.29, 1.82) is 0 Å². The fourth-order valence-corrected chi connectivity index (χ4v) is 4.09. The molecule has 0 bridgehead atoms. The van der Waals surface area contributed by atoms with Crippen LogP contribution < -0.4 is 10.1 Å². The van der Waals surface area contributed by atoms with Crippen molar-refractivity contribution < 1.29 is 4.74 Å². The zero-order chi connectivity index (χ0) is 12.7. The fraction of sp³-hybridized carbons (Fsp3) is 0.600. The molecule has 0 spiro atoms. The van der Waals surface area contributed by atoms with Gasteiger partial charge >= 0.3 is 0 Å². The lowest BCUT2D eigenvalue weighted by Gasteiger charge is -2.21. The predicted octanol–water partition coefficient (Wildman–Crippen LogP) is 3.62. The summed E-state index contributed by atoms with van der Waals surface area (Å²) in [5.74, 6) is 1.95. The second-order valence-corrected chi connectivity index (χ2v) is 6.41. The first-order chi connectivity index (χ1) is 8.70. The van der Waals surface area contributed by atoms with E-state index in [0.29, 0.717) is 6.04 Å². The van der Waals surface area contributed by atoms with Gasteiger partial charge in [0.1, 0.15) is 5.75 Å². The van der Waals surface area contributed by atoms with Gasteiger partial charge < -0.3 is 10.1 Å². The molecule has 0 amide bonds. The molecule has 1 aromatic carbocycles. The van der Waals surface area contributed by atoms with E-state index < -0.39 is 0 Å². The monoisotopic (exact) mass is 309 g/mol. The molecular weight excluding hydrogens is 290 g/mol. The van der Waals surface area contributed by atoms with Gasteiger partial charge in [0.2, 0.25) is 0 Å². The minimum atomic E-state index is 0.446. The Morgan fingerprint density at radius 2 is 2.22 bits per heavy atom. The SMILES string of the molecule is CNC1CC(C)CCc2c3c(cc(Br)c21)CCO3. The molecule has 2 aliphatic rings. The minimum absolute atomic E-state index is 0.446. The minimum Gasteiger partial charge on any atom is -0.493 e. The number of benzene rings is 1. The number of rotatable bonds is 1. The molecule has 3 rings (SSSR count). The van der Waals surface area contributed by atoms with Crippen molar-refractivity contribution in [2.24, 2.45) is 5.92 Å². The van der Waals surface area contributed by atoms with E-state index in [4.69, 9.17) is 4.74 Å². The standard InChI is InChI=1S/C15H20BrNO/c1-9-3-4-11-14(13(7-9)17-2)12(16)8-10-5-6-18-15(10)11/h8-9,13,17H,3-7H2,1-2H3. The van der Waals surface area contributed by atoms with Crippen molar-refractivity contribution in [2.75, 3.05) is 13.7 Å². The van der Waals surface area contributed by atoms with Gasteiger partial charge in [-0.25, -0.2) is 0 Å². The molecule has 2 unspecified atom stereocenters. The number of fused-ring (bicyclic) bond motifs is 3. The Kier molecular flexibility index (Phi) is 3.37. The van der Waals surface area contributed by atoms with Crippen molar-refractivity contribution in [2.45, 2.75) is 38.6 Å². The fourth-order valence-electron chi connectivity index (χ4n) is 3.30. The van der Waals surface area contributed by atoms with E-state index in [-0.39, 0.29) is 0 Å². The van der Waals surface area contributed by atoms with Gasteiger partial charge in [-0.15, -0.1) is 0 Å². The summed E-state index contributed by atoms with van der Waals surface area (Å²) in [6, 6.07) is 2.71. The number of ether oxygens (including phenoxy) is 1. The highest BCUT2D eigenvalue weighted by atomic mass is 79.9. The molecule has 0 aromatic heterocycles. The third-order valence-electron chi connectivity index (χ3n) is 4.29. The third-order valence-corrected chi connectivity index (χ3v) is 4.95. The van der Waals surface area contributed by atoms with Crippen LogP contribution >= 0.6 is 15.9 Å². The lowest BCUT2D eigenvalue weighted by atomic mass is 9.95. The normalized spacial score (nSPS) is 26.2. The van der Waals surface area contributed by atoms with Crippen LogP contribution in [0.4, 0.5) is 0 Å². The van der Waals surface area contributed by atoms with Gasteiger partial charge in [0.25, 0.3) is 0 Å². The number of halogens is 1. The quantitative estimate of drug-likeness (QED) is 0.800. The van der Waals surface area contributed by atoms with Crippen LogP contribution in [0.5, 0.6) is 5.75 Å². The van der Waals surface area contributed by atoms with E-state index in [2.05, 4.69) is 41.3 Å². The summed E-state index contributed by atoms with van der Waals surface area (Å²) in [5, 5.41) is 3.48. The highest BCUT2D eigenvalue weighted by molar-refractivity contribution is 9.10. The summed E-state index contributed by atoms with van der Waals surface area (Å²) in [6.07, 6.45) is 4.68. The van der Waals surface area contributed by atoms with Gasteiger partial charge in [-0.05, 0) is 49.4 Å². The van der Waals surface area contributed by atoms with Gasteiger partial charge in [0.15, 0.2) is 0 Å². The highest BCUT2D eigenvalue weighted by Gasteiger charge is 2.29. The first kappa shape index (κ1) is 12.5. The zero-order valence-electron chi connectivity index (χ0n) is 11.1. The molecule has 1 aliphatic carbocycles. The number of hydrogen-bond acceptors (Lipinski definition) is 2. The first-order valence-electron chi connectivity index (χ1n) is 6.85. The van der Waals surface area contributed by atoms with Crippen molar-refractivity contribution in [3.05, 3.63) is 27.2 Å². The van der Waals surface area contributed by atoms with Gasteiger partial charge in [-0.1, -0.05) is 22.9 Å². The van der Waals surface area contributed by atoms with E-state index in [1.54, 1.807) is 0 Å². The average Bonchev–Trinajstić information content (AvgIpc) is 2.73. The second kappa shape index (κ2) is 4.86. The predicted molar refractivity (Wildman–Crippen MR) is 77.2 cm³/mol. The van der Waals surface area contributed by atoms with E-state index in [9.17, 15) is 0 Å². The average molecular weight is 310 g/mol. The molecule has 0 saturated heterocycles. The van der Waals surface area contributed by atoms with Crippen LogP contribution in [0, 0.1) is 5.92 Å². The second-order valence-electron chi connectivity index (χ2n) is 5.56. The Labute approximate surface area is 117 Å². The first-order valence-corrected chi connectivity index (χ1v) is 7.64. The summed E-state index contributed by atoms with van der Waals surface area (Å²) in [4.78, 5) is 0. The van der Waals surface area contributed by atoms with E-state index in [1.807, 2.05) is 0 Å². The smallest absolute Gasteiger partial charge is 0.126 e. The van der Waals surface area contributed by atoms with Crippen LogP contribution in [0.25, 0.3) is 0 Å². The molecule has 1 aliphatic heterocycles. The molecule has 18 heavy (non-hydrogen) atoms. The Balaban J connectivity index is 2.15. The summed E-state index contributed by atoms with van der Waals surface area (Å²) in [5.41, 5.74) is 4.26. The largest absolute Gasteiger partial charge is 0.493 e. The molecule has 0 saturated carbocycles. The maximum absolute atomic E-state index is 5.89. The van der Waals surface area contributed by atoms with Crippen LogP contribution in [0.15, 0.2) is 10.5 Å². The van der Waals surface area contributed by atoms with Crippen LogP contribution in [0.1, 0.15) is 42.5 Å². The topological polar surface area (TPSA) is 21.3 Å². The van der Waals surface area contributed by atoms with Crippen LogP contribution in [0.3, 0.4) is 0 Å². The van der Waals surface area contributed by atoms with Gasteiger partial charge in [-0.2, -0.15) is 0 Å². The Hall–Kier alpha value is -0.540. The summed E-state index contributed by atoms with van der Waals surface area (Å²) in [6.45, 7) is 3.20. The Morgan fingerprint density at radius 1 is 1.39 bits per heavy atom. The molecule has 1 aromatic rings. The molecule has 0 radical (unpaired) electrons. The van der Waals surface area contributed by atoms with E-state index in [1.165, 1.54) is 39.8 Å². The molecule has 98 valence electrons. The Morgan fingerprint density at radius 3 is 3.00 bits per heavy atom. The van der Waals surface area contributed by atoms with Crippen LogP contribution in [-0.2, 0) is 12.8 Å². The Bertz CT molecular complexity index is 472. The molecule has 2 nitrogen and oxygen atoms in total. The van der Waals surface area contributed by atoms with E-state index >= 15 is 0 Å². The lowest BCUT2D eigenvalue weighted by Crippen LogP contribution is -2.19. The summed E-state index contributed by atoms with van der Waals surface area (Å²) < 4.78 is 7.15. The third kappa shape index (κ3) is 1.97. The lowest BCUT2D eigenvalue weighted by molar-refractivity contribution is 0.352. The molecule has 1 heterocycles. The highest BCUT2D eigenvalue weighted by Crippen LogP contribution is 2.44. The van der Waals surface area contributed by atoms with Crippen LogP contribution in [0.2, 0.25) is 0 Å². The molecule has 0 fully saturated rings. The van der Waals surface area contributed by atoms with Crippen molar-refractivity contribution in [1.82, 2.24) is 5.32 Å². The van der Waals surface area contributed by atoms with Crippen molar-refractivity contribution in [3.8, 4) is 5.75 Å². The van der Waals surface area contributed by atoms with Crippen molar-refractivity contribution >= 4 is 15.9 Å². The molecule has 3 heteroatoms. The number of hydrogen-bond donors (Lipinski definition) is 1. The molecule has 2 atom stereocenters. The maximum Gasteiger partial charge on any atom is 0.126 e. The van der Waals surface area contributed by atoms with E-state index in [0.717, 1.165) is 25.4 Å². The zero-order valence-corrected chi connectivity index (χ0v) is 12.6.